The number of nitrogens with one attached hydrogen (secondary N) is 1. The Bertz CT molecular complexity index is 1150. The number of carbonyl (C=O) groups excluding carboxylic acids is 1. The molecule has 1 N–H and O–H groups in total. The molecule has 2 bridgehead atoms. The molecule has 0 spiro atoms. The normalized spacial score (nSPS) is 20.9. The Balaban J connectivity index is 1.42. The molecule has 0 aliphatic carbocycles. The number of aromatic nitrogens is 3. The van der Waals surface area contributed by atoms with Crippen molar-refractivity contribution in [1.82, 2.24) is 24.3 Å². The molecule has 5 rings (SSSR count). The molecule has 2 aromatic heterocycles. The maximum Gasteiger partial charge on any atom is 0.255 e. The first-order chi connectivity index (χ1) is 14.0. The molecule has 150 valence electrons. The Morgan fingerprint density at radius 2 is 2.07 bits per heavy atom. The van der Waals surface area contributed by atoms with E-state index in [0.717, 1.165) is 28.7 Å². The lowest BCUT2D eigenvalue weighted by atomic mass is 9.82. The number of rotatable bonds is 3. The van der Waals surface area contributed by atoms with Crippen LogP contribution in [0, 0.1) is 5.92 Å². The van der Waals surface area contributed by atoms with Gasteiger partial charge in [-0.3, -0.25) is 9.59 Å². The van der Waals surface area contributed by atoms with E-state index in [1.165, 1.54) is 0 Å². The summed E-state index contributed by atoms with van der Waals surface area (Å²) >= 11 is 0. The number of carbonyl (C=O) groups is 1. The van der Waals surface area contributed by atoms with Gasteiger partial charge in [-0.15, -0.1) is 0 Å². The van der Waals surface area contributed by atoms with Gasteiger partial charge in [0.25, 0.3) is 11.5 Å². The van der Waals surface area contributed by atoms with Crippen molar-refractivity contribution in [3.63, 3.8) is 0 Å². The minimum absolute atomic E-state index is 0.0521. The van der Waals surface area contributed by atoms with Crippen LogP contribution in [0.4, 0.5) is 0 Å². The van der Waals surface area contributed by atoms with Gasteiger partial charge in [-0.2, -0.15) is 0 Å². The van der Waals surface area contributed by atoms with E-state index in [-0.39, 0.29) is 17.4 Å². The lowest BCUT2D eigenvalue weighted by Gasteiger charge is -2.43. The van der Waals surface area contributed by atoms with E-state index in [1.54, 1.807) is 6.33 Å². The Labute approximate surface area is 169 Å². The van der Waals surface area contributed by atoms with Crippen molar-refractivity contribution in [2.75, 3.05) is 27.2 Å². The van der Waals surface area contributed by atoms with Crippen LogP contribution in [0.15, 0.2) is 41.5 Å². The maximum atomic E-state index is 13.2. The van der Waals surface area contributed by atoms with Gasteiger partial charge in [0.05, 0.1) is 17.4 Å². The first-order valence-corrected chi connectivity index (χ1v) is 10.1. The summed E-state index contributed by atoms with van der Waals surface area (Å²) in [5.74, 6) is 0.577. The number of fused-ring (bicyclic) bond motifs is 5. The zero-order valence-electron chi connectivity index (χ0n) is 16.8. The number of amides is 1. The molecule has 1 fully saturated rings. The lowest BCUT2D eigenvalue weighted by molar-refractivity contribution is 0.0594. The highest BCUT2D eigenvalue weighted by molar-refractivity contribution is 5.97. The zero-order chi connectivity index (χ0) is 20.1. The third kappa shape index (κ3) is 3.15. The van der Waals surface area contributed by atoms with Crippen molar-refractivity contribution >= 4 is 16.9 Å². The number of hydrogen-bond donors (Lipinski definition) is 1. The van der Waals surface area contributed by atoms with Crippen LogP contribution in [-0.2, 0) is 13.1 Å². The first kappa shape index (κ1) is 18.1. The Hall–Kier alpha value is -2.93. The molecule has 7 nitrogen and oxygen atoms in total. The number of H-pyrrole nitrogens is 1. The lowest BCUT2D eigenvalue weighted by Crippen LogP contribution is -2.49. The number of aromatic amines is 1. The van der Waals surface area contributed by atoms with Gasteiger partial charge < -0.3 is 19.4 Å². The van der Waals surface area contributed by atoms with Gasteiger partial charge in [-0.25, -0.2) is 4.98 Å². The second kappa shape index (κ2) is 6.84. The Morgan fingerprint density at radius 3 is 2.90 bits per heavy atom. The number of hydrogen-bond acceptors (Lipinski definition) is 4. The Kier molecular flexibility index (Phi) is 4.28. The minimum Gasteiger partial charge on any atom is -0.345 e. The molecule has 3 aromatic rings. The van der Waals surface area contributed by atoms with Gasteiger partial charge >= 0.3 is 0 Å². The predicted octanol–water partition coefficient (Wildman–Crippen LogP) is 2.05. The molecule has 1 amide bonds. The van der Waals surface area contributed by atoms with E-state index in [2.05, 4.69) is 16.0 Å². The number of likely N-dealkylation sites (tertiary alicyclic amines) is 1. The van der Waals surface area contributed by atoms with E-state index in [4.69, 9.17) is 0 Å². The summed E-state index contributed by atoms with van der Waals surface area (Å²) in [4.78, 5) is 37.4. The molecule has 1 aromatic carbocycles. The fourth-order valence-corrected chi connectivity index (χ4v) is 4.87. The first-order valence-electron chi connectivity index (χ1n) is 10.1. The van der Waals surface area contributed by atoms with Crippen LogP contribution < -0.4 is 5.56 Å². The van der Waals surface area contributed by atoms with Gasteiger partial charge in [0.1, 0.15) is 0 Å². The molecule has 0 unspecified atom stereocenters. The standard InChI is InChI=1S/C22H25N5O2/c1-25(2)11-16-4-6-20-17-7-14(10-27(20)22(16)29)9-26(12-17)21(28)15-3-5-18-19(8-15)24-13-23-18/h3-6,8,13-14,17H,7,9-12H2,1-2H3,(H,23,24)/t14-,17+/m0/s1. The molecular formula is C22H25N5O2. The van der Waals surface area contributed by atoms with Crippen LogP contribution in [0.2, 0.25) is 0 Å². The number of piperidine rings is 1. The van der Waals surface area contributed by atoms with Crippen LogP contribution in [0.5, 0.6) is 0 Å². The third-order valence-electron chi connectivity index (χ3n) is 6.12. The van der Waals surface area contributed by atoms with Crippen molar-refractivity contribution in [1.29, 1.82) is 0 Å². The minimum atomic E-state index is 0.0521. The van der Waals surface area contributed by atoms with Crippen molar-refractivity contribution in [3.05, 3.63) is 63.8 Å². The molecule has 0 radical (unpaired) electrons. The fourth-order valence-electron chi connectivity index (χ4n) is 4.87. The summed E-state index contributed by atoms with van der Waals surface area (Å²) in [6, 6.07) is 9.65. The quantitative estimate of drug-likeness (QED) is 0.742. The largest absolute Gasteiger partial charge is 0.345 e. The molecule has 4 heterocycles. The van der Waals surface area contributed by atoms with Gasteiger partial charge in [0, 0.05) is 48.9 Å². The highest BCUT2D eigenvalue weighted by atomic mass is 16.2. The molecule has 2 aliphatic heterocycles. The smallest absolute Gasteiger partial charge is 0.255 e. The summed E-state index contributed by atoms with van der Waals surface area (Å²) in [6.45, 7) is 2.69. The van der Waals surface area contributed by atoms with Crippen molar-refractivity contribution in [2.24, 2.45) is 5.92 Å². The maximum absolute atomic E-state index is 13.2. The summed E-state index contributed by atoms with van der Waals surface area (Å²) < 4.78 is 1.95. The predicted molar refractivity (Wildman–Crippen MR) is 111 cm³/mol. The molecule has 29 heavy (non-hydrogen) atoms. The number of imidazole rings is 1. The summed E-state index contributed by atoms with van der Waals surface area (Å²) in [5, 5.41) is 0. The summed E-state index contributed by atoms with van der Waals surface area (Å²) in [5.41, 5.74) is 4.43. The molecule has 7 heteroatoms. The average Bonchev–Trinajstić information content (AvgIpc) is 3.17. The van der Waals surface area contributed by atoms with Crippen LogP contribution in [0.1, 0.15) is 34.0 Å². The Morgan fingerprint density at radius 1 is 1.21 bits per heavy atom. The van der Waals surface area contributed by atoms with Gasteiger partial charge in [-0.1, -0.05) is 6.07 Å². The van der Waals surface area contributed by atoms with Crippen LogP contribution in [0.3, 0.4) is 0 Å². The second-order valence-corrected chi connectivity index (χ2v) is 8.58. The highest BCUT2D eigenvalue weighted by Crippen LogP contribution is 2.35. The second-order valence-electron chi connectivity index (χ2n) is 8.58. The summed E-state index contributed by atoms with van der Waals surface area (Å²) in [7, 11) is 3.95. The van der Waals surface area contributed by atoms with Crippen molar-refractivity contribution in [2.45, 2.75) is 25.4 Å². The number of nitrogens with zero attached hydrogens (tertiary/aromatic N) is 4. The number of pyridine rings is 1. The molecule has 0 saturated carbocycles. The van der Waals surface area contributed by atoms with Gasteiger partial charge in [-0.05, 0) is 50.7 Å². The highest BCUT2D eigenvalue weighted by Gasteiger charge is 2.37. The van der Waals surface area contributed by atoms with Crippen LogP contribution in [-0.4, -0.2) is 57.4 Å². The van der Waals surface area contributed by atoms with E-state index in [0.29, 0.717) is 37.7 Å². The van der Waals surface area contributed by atoms with E-state index in [9.17, 15) is 9.59 Å². The van der Waals surface area contributed by atoms with Crippen molar-refractivity contribution in [3.8, 4) is 0 Å². The monoisotopic (exact) mass is 391 g/mol. The molecule has 2 atom stereocenters. The van der Waals surface area contributed by atoms with Crippen molar-refractivity contribution < 1.29 is 4.79 Å². The van der Waals surface area contributed by atoms with E-state index >= 15 is 0 Å². The fraction of sp³-hybridized carbons (Fsp3) is 0.409. The average molecular weight is 391 g/mol. The zero-order valence-corrected chi connectivity index (χ0v) is 16.8. The molecule has 2 aliphatic rings. The third-order valence-corrected chi connectivity index (χ3v) is 6.12. The molecule has 1 saturated heterocycles. The number of benzene rings is 1. The van der Waals surface area contributed by atoms with Gasteiger partial charge in [0.2, 0.25) is 0 Å². The van der Waals surface area contributed by atoms with Crippen LogP contribution >= 0.6 is 0 Å². The topological polar surface area (TPSA) is 74.2 Å². The molecular weight excluding hydrogens is 366 g/mol. The van der Waals surface area contributed by atoms with Gasteiger partial charge in [0.15, 0.2) is 0 Å². The van der Waals surface area contributed by atoms with Crippen LogP contribution in [0.25, 0.3) is 11.0 Å². The SMILES string of the molecule is CN(C)Cc1ccc2n(c1=O)C[C@H]1C[C@@H]2CN(C(=O)c2ccc3nc[nH]c3c2)C1. The summed E-state index contributed by atoms with van der Waals surface area (Å²) in [6.07, 6.45) is 2.68. The van der Waals surface area contributed by atoms with E-state index < -0.39 is 0 Å². The van der Waals surface area contributed by atoms with E-state index in [1.807, 2.05) is 52.7 Å².